The molecule has 0 rings (SSSR count). The molecule has 0 fully saturated rings. The topological polar surface area (TPSA) is 12.0 Å². The summed E-state index contributed by atoms with van der Waals surface area (Å²) in [5.41, 5.74) is -4.07. The molecule has 0 amide bonds. The molecular weight excluding hydrogens is 223 g/mol. The molecule has 1 N–H and O–H groups in total. The molecule has 15 heavy (non-hydrogen) atoms. The second-order valence-corrected chi connectivity index (χ2v) is 5.26. The molecule has 92 valence electrons. The van der Waals surface area contributed by atoms with E-state index in [9.17, 15) is 13.2 Å². The zero-order valence-electron chi connectivity index (χ0n) is 9.53. The Morgan fingerprint density at radius 3 is 2.27 bits per heavy atom. The van der Waals surface area contributed by atoms with Crippen molar-refractivity contribution < 1.29 is 13.2 Å². The molecule has 0 spiro atoms. The van der Waals surface area contributed by atoms with E-state index in [1.807, 2.05) is 0 Å². The van der Waals surface area contributed by atoms with Crippen molar-refractivity contribution in [3.05, 3.63) is 0 Å². The minimum absolute atomic E-state index is 0.0795. The fourth-order valence-corrected chi connectivity index (χ4v) is 1.70. The van der Waals surface area contributed by atoms with Crippen LogP contribution in [0.2, 0.25) is 0 Å². The van der Waals surface area contributed by atoms with E-state index in [0.717, 1.165) is 13.0 Å². The average Bonchev–Trinajstić information content (AvgIpc) is 2.07. The van der Waals surface area contributed by atoms with Crippen molar-refractivity contribution in [1.29, 1.82) is 0 Å². The lowest BCUT2D eigenvalue weighted by Gasteiger charge is -2.14. The van der Waals surface area contributed by atoms with Gasteiger partial charge in [0, 0.05) is 11.8 Å². The maximum Gasteiger partial charge on any atom is 0.441 e. The van der Waals surface area contributed by atoms with Gasteiger partial charge in [-0.2, -0.15) is 13.2 Å². The fraction of sp³-hybridized carbons (Fsp3) is 1.00. The summed E-state index contributed by atoms with van der Waals surface area (Å²) in [6.45, 7) is 7.07. The van der Waals surface area contributed by atoms with Crippen LogP contribution in [0.25, 0.3) is 0 Å². The molecule has 0 aromatic heterocycles. The van der Waals surface area contributed by atoms with Crippen LogP contribution in [0, 0.1) is 5.92 Å². The Hall–Kier alpha value is 0.1000. The molecule has 0 aliphatic heterocycles. The molecule has 0 radical (unpaired) electrons. The lowest BCUT2D eigenvalue weighted by molar-refractivity contribution is -0.0328. The number of hydrogen-bond donors (Lipinski definition) is 1. The van der Waals surface area contributed by atoms with E-state index in [1.165, 1.54) is 0 Å². The van der Waals surface area contributed by atoms with Gasteiger partial charge in [-0.05, 0) is 25.3 Å². The Kier molecular flexibility index (Phi) is 7.44. The van der Waals surface area contributed by atoms with Gasteiger partial charge in [-0.15, -0.1) is 0 Å². The van der Waals surface area contributed by atoms with Gasteiger partial charge >= 0.3 is 5.51 Å². The highest BCUT2D eigenvalue weighted by atomic mass is 32.2. The minimum Gasteiger partial charge on any atom is -0.314 e. The van der Waals surface area contributed by atoms with Gasteiger partial charge in [0.25, 0.3) is 0 Å². The fourth-order valence-electron chi connectivity index (χ4n) is 1.16. The van der Waals surface area contributed by atoms with E-state index in [2.05, 4.69) is 26.1 Å². The maximum atomic E-state index is 11.8. The molecule has 5 heteroatoms. The highest BCUT2D eigenvalue weighted by Crippen LogP contribution is 2.30. The molecule has 0 saturated carbocycles. The second-order valence-electron chi connectivity index (χ2n) is 4.10. The molecule has 0 bridgehead atoms. The highest BCUT2D eigenvalue weighted by Gasteiger charge is 2.27. The highest BCUT2D eigenvalue weighted by molar-refractivity contribution is 8.00. The maximum absolute atomic E-state index is 11.8. The van der Waals surface area contributed by atoms with Crippen molar-refractivity contribution in [2.45, 2.75) is 45.2 Å². The van der Waals surface area contributed by atoms with Gasteiger partial charge in [-0.3, -0.25) is 0 Å². The summed E-state index contributed by atoms with van der Waals surface area (Å²) in [6.07, 6.45) is 1.48. The molecule has 0 saturated heterocycles. The molecule has 0 heterocycles. The Labute approximate surface area is 94.2 Å². The monoisotopic (exact) mass is 243 g/mol. The number of rotatable bonds is 7. The molecule has 0 aromatic rings. The Balaban J connectivity index is 3.35. The largest absolute Gasteiger partial charge is 0.441 e. The summed E-state index contributed by atoms with van der Waals surface area (Å²) in [7, 11) is 0. The van der Waals surface area contributed by atoms with Crippen molar-refractivity contribution >= 4 is 11.8 Å². The summed E-state index contributed by atoms with van der Waals surface area (Å²) < 4.78 is 35.4. The van der Waals surface area contributed by atoms with Crippen molar-refractivity contribution in [1.82, 2.24) is 5.32 Å². The lowest BCUT2D eigenvalue weighted by atomic mass is 10.1. The lowest BCUT2D eigenvalue weighted by Crippen LogP contribution is -2.27. The molecule has 0 aliphatic carbocycles. The number of thioether (sulfide) groups is 1. The molecule has 0 aromatic carbocycles. The number of alkyl halides is 3. The summed E-state index contributed by atoms with van der Waals surface area (Å²) >= 11 is 0.0795. The summed E-state index contributed by atoms with van der Waals surface area (Å²) in [4.78, 5) is 0. The predicted molar refractivity (Wildman–Crippen MR) is 60.0 cm³/mol. The third kappa shape index (κ3) is 12.0. The van der Waals surface area contributed by atoms with Crippen LogP contribution in [0.1, 0.15) is 33.6 Å². The van der Waals surface area contributed by atoms with E-state index in [0.29, 0.717) is 18.4 Å². The van der Waals surface area contributed by atoms with E-state index >= 15 is 0 Å². The van der Waals surface area contributed by atoms with Gasteiger partial charge in [0.15, 0.2) is 0 Å². The molecule has 1 unspecified atom stereocenters. The number of halogens is 3. The van der Waals surface area contributed by atoms with E-state index in [-0.39, 0.29) is 17.5 Å². The zero-order valence-corrected chi connectivity index (χ0v) is 10.3. The van der Waals surface area contributed by atoms with E-state index in [1.54, 1.807) is 0 Å². The van der Waals surface area contributed by atoms with Gasteiger partial charge in [-0.1, -0.05) is 32.5 Å². The normalized spacial score (nSPS) is 14.6. The first-order valence-electron chi connectivity index (χ1n) is 5.25. The van der Waals surface area contributed by atoms with Crippen LogP contribution in [0.5, 0.6) is 0 Å². The standard InChI is InChI=1S/C10H20F3NS/c1-8(2)14-7-9(3)5-4-6-15-10(11,12)13/h8-9,14H,4-7H2,1-3H3. The first kappa shape index (κ1) is 15.1. The molecule has 1 nitrogen and oxygen atoms in total. The van der Waals surface area contributed by atoms with Crippen molar-refractivity contribution in [3.8, 4) is 0 Å². The summed E-state index contributed by atoms with van der Waals surface area (Å²) in [5.74, 6) is 0.622. The summed E-state index contributed by atoms with van der Waals surface area (Å²) in [5, 5.41) is 3.27. The predicted octanol–water partition coefficient (Wildman–Crippen LogP) is 3.65. The van der Waals surface area contributed by atoms with E-state index < -0.39 is 5.51 Å². The SMILES string of the molecule is CC(CCCSC(F)(F)F)CNC(C)C. The van der Waals surface area contributed by atoms with Crippen molar-refractivity contribution in [2.24, 2.45) is 5.92 Å². The Morgan fingerprint density at radius 2 is 1.80 bits per heavy atom. The second kappa shape index (κ2) is 7.39. The Morgan fingerprint density at radius 1 is 1.20 bits per heavy atom. The number of nitrogens with one attached hydrogen (secondary N) is 1. The van der Waals surface area contributed by atoms with Crippen LogP contribution in [-0.4, -0.2) is 23.8 Å². The van der Waals surface area contributed by atoms with Crippen LogP contribution < -0.4 is 5.32 Å². The van der Waals surface area contributed by atoms with Gasteiger partial charge in [-0.25, -0.2) is 0 Å². The smallest absolute Gasteiger partial charge is 0.314 e. The van der Waals surface area contributed by atoms with Gasteiger partial charge < -0.3 is 5.32 Å². The third-order valence-corrected chi connectivity index (χ3v) is 2.80. The molecule has 0 aliphatic rings. The third-order valence-electron chi connectivity index (χ3n) is 1.98. The number of hydrogen-bond acceptors (Lipinski definition) is 2. The van der Waals surface area contributed by atoms with Crippen LogP contribution in [0.4, 0.5) is 13.2 Å². The van der Waals surface area contributed by atoms with Crippen LogP contribution in [-0.2, 0) is 0 Å². The first-order valence-corrected chi connectivity index (χ1v) is 6.24. The van der Waals surface area contributed by atoms with Crippen LogP contribution in [0.15, 0.2) is 0 Å². The zero-order chi connectivity index (χ0) is 11.9. The van der Waals surface area contributed by atoms with Crippen LogP contribution in [0.3, 0.4) is 0 Å². The van der Waals surface area contributed by atoms with Crippen LogP contribution >= 0.6 is 11.8 Å². The first-order chi connectivity index (χ1) is 6.81. The quantitative estimate of drug-likeness (QED) is 0.685. The summed E-state index contributed by atoms with van der Waals surface area (Å²) in [6, 6.07) is 0.442. The van der Waals surface area contributed by atoms with Crippen molar-refractivity contribution in [2.75, 3.05) is 12.3 Å². The molecular formula is C10H20F3NS. The minimum atomic E-state index is -4.07. The van der Waals surface area contributed by atoms with Gasteiger partial charge in [0.1, 0.15) is 0 Å². The van der Waals surface area contributed by atoms with Crippen molar-refractivity contribution in [3.63, 3.8) is 0 Å². The molecule has 1 atom stereocenters. The van der Waals surface area contributed by atoms with Gasteiger partial charge in [0.2, 0.25) is 0 Å². The van der Waals surface area contributed by atoms with Gasteiger partial charge in [0.05, 0.1) is 0 Å². The average molecular weight is 243 g/mol. The Bertz CT molecular complexity index is 159. The van der Waals surface area contributed by atoms with E-state index in [4.69, 9.17) is 0 Å².